The number of hydrogen-bond donors (Lipinski definition) is 2. The average Bonchev–Trinajstić information content (AvgIpc) is 2.54. The minimum Gasteiger partial charge on any atom is -0.491 e. The van der Waals surface area contributed by atoms with Crippen molar-refractivity contribution in [1.29, 1.82) is 0 Å². The first-order valence-corrected chi connectivity index (χ1v) is 7.41. The van der Waals surface area contributed by atoms with Gasteiger partial charge in [-0.1, -0.05) is 36.4 Å². The Morgan fingerprint density at radius 2 is 1.95 bits per heavy atom. The Morgan fingerprint density at radius 3 is 2.76 bits per heavy atom. The first-order valence-electron chi connectivity index (χ1n) is 7.41. The van der Waals surface area contributed by atoms with Gasteiger partial charge in [0.15, 0.2) is 0 Å². The molecule has 0 saturated carbocycles. The number of aliphatic hydroxyl groups is 2. The number of rotatable bonds is 4. The van der Waals surface area contributed by atoms with Gasteiger partial charge in [-0.3, -0.25) is 0 Å². The Labute approximate surface area is 124 Å². The predicted octanol–water partition coefficient (Wildman–Crippen LogP) is 3.17. The highest BCUT2D eigenvalue weighted by Crippen LogP contribution is 2.32. The SMILES string of the molecule is OC(COc1ccc2c(c1)[C@@H](O)CCC2)c1ccccc1. The van der Waals surface area contributed by atoms with Crippen LogP contribution in [-0.4, -0.2) is 16.8 Å². The molecule has 2 N–H and O–H groups in total. The summed E-state index contributed by atoms with van der Waals surface area (Å²) in [5.74, 6) is 0.699. The molecular formula is C18H20O3. The maximum absolute atomic E-state index is 10.1. The minimum atomic E-state index is -0.646. The topological polar surface area (TPSA) is 49.7 Å². The summed E-state index contributed by atoms with van der Waals surface area (Å²) in [4.78, 5) is 0. The van der Waals surface area contributed by atoms with E-state index in [0.29, 0.717) is 5.75 Å². The number of aryl methyl sites for hydroxylation is 1. The minimum absolute atomic E-state index is 0.207. The van der Waals surface area contributed by atoms with Crippen molar-refractivity contribution in [1.82, 2.24) is 0 Å². The summed E-state index contributed by atoms with van der Waals surface area (Å²) >= 11 is 0. The second-order valence-corrected chi connectivity index (χ2v) is 5.51. The Morgan fingerprint density at radius 1 is 1.14 bits per heavy atom. The molecule has 0 aliphatic heterocycles. The molecule has 0 spiro atoms. The molecule has 110 valence electrons. The molecule has 0 amide bonds. The Bertz CT molecular complexity index is 595. The molecule has 0 fully saturated rings. The van der Waals surface area contributed by atoms with E-state index in [1.54, 1.807) is 0 Å². The zero-order valence-corrected chi connectivity index (χ0v) is 11.9. The van der Waals surface area contributed by atoms with Crippen molar-refractivity contribution in [3.8, 4) is 5.75 Å². The van der Waals surface area contributed by atoms with Crippen LogP contribution in [0.15, 0.2) is 48.5 Å². The van der Waals surface area contributed by atoms with Gasteiger partial charge in [0.1, 0.15) is 18.5 Å². The van der Waals surface area contributed by atoms with Crippen LogP contribution in [0.1, 0.15) is 41.7 Å². The van der Waals surface area contributed by atoms with Crippen molar-refractivity contribution < 1.29 is 14.9 Å². The zero-order chi connectivity index (χ0) is 14.7. The molecule has 0 bridgehead atoms. The Balaban J connectivity index is 1.67. The molecule has 0 radical (unpaired) electrons. The van der Waals surface area contributed by atoms with E-state index in [9.17, 15) is 10.2 Å². The van der Waals surface area contributed by atoms with Crippen molar-refractivity contribution in [2.75, 3.05) is 6.61 Å². The number of ether oxygens (including phenoxy) is 1. The zero-order valence-electron chi connectivity index (χ0n) is 11.9. The summed E-state index contributed by atoms with van der Waals surface area (Å²) in [6.45, 7) is 0.207. The number of benzene rings is 2. The molecule has 1 aliphatic rings. The third kappa shape index (κ3) is 3.26. The van der Waals surface area contributed by atoms with E-state index in [1.807, 2.05) is 48.5 Å². The number of aliphatic hydroxyl groups excluding tert-OH is 2. The van der Waals surface area contributed by atoms with Gasteiger partial charge in [0, 0.05) is 0 Å². The van der Waals surface area contributed by atoms with Crippen LogP contribution >= 0.6 is 0 Å². The fraction of sp³-hybridized carbons (Fsp3) is 0.333. The van der Waals surface area contributed by atoms with Crippen LogP contribution in [-0.2, 0) is 6.42 Å². The van der Waals surface area contributed by atoms with Crippen LogP contribution in [0.3, 0.4) is 0 Å². The largest absolute Gasteiger partial charge is 0.491 e. The lowest BCUT2D eigenvalue weighted by Crippen LogP contribution is -2.12. The molecule has 2 aromatic rings. The first kappa shape index (κ1) is 14.1. The van der Waals surface area contributed by atoms with Crippen LogP contribution in [0, 0.1) is 0 Å². The molecule has 3 nitrogen and oxygen atoms in total. The molecule has 0 aromatic heterocycles. The monoisotopic (exact) mass is 284 g/mol. The summed E-state index contributed by atoms with van der Waals surface area (Å²) in [7, 11) is 0. The van der Waals surface area contributed by atoms with Crippen molar-refractivity contribution in [2.45, 2.75) is 31.5 Å². The maximum Gasteiger partial charge on any atom is 0.119 e. The maximum atomic E-state index is 10.1. The normalized spacial score (nSPS) is 18.9. The smallest absolute Gasteiger partial charge is 0.119 e. The van der Waals surface area contributed by atoms with Crippen molar-refractivity contribution in [3.63, 3.8) is 0 Å². The molecule has 1 unspecified atom stereocenters. The summed E-state index contributed by atoms with van der Waals surface area (Å²) in [5, 5.41) is 20.1. The van der Waals surface area contributed by atoms with Crippen LogP contribution in [0.5, 0.6) is 5.75 Å². The van der Waals surface area contributed by atoms with Gasteiger partial charge in [-0.15, -0.1) is 0 Å². The predicted molar refractivity (Wildman–Crippen MR) is 81.2 cm³/mol. The van der Waals surface area contributed by atoms with Gasteiger partial charge < -0.3 is 14.9 Å². The first-order chi connectivity index (χ1) is 10.2. The highest BCUT2D eigenvalue weighted by molar-refractivity contribution is 5.38. The third-order valence-electron chi connectivity index (χ3n) is 3.99. The Kier molecular flexibility index (Phi) is 4.23. The molecule has 2 aromatic carbocycles. The van der Waals surface area contributed by atoms with Gasteiger partial charge in [-0.05, 0) is 48.1 Å². The Hall–Kier alpha value is -1.84. The van der Waals surface area contributed by atoms with E-state index in [2.05, 4.69) is 0 Å². The molecule has 3 rings (SSSR count). The van der Waals surface area contributed by atoms with Gasteiger partial charge in [0.25, 0.3) is 0 Å². The highest BCUT2D eigenvalue weighted by atomic mass is 16.5. The lowest BCUT2D eigenvalue weighted by Gasteiger charge is -2.22. The average molecular weight is 284 g/mol. The lowest BCUT2D eigenvalue weighted by atomic mass is 9.89. The fourth-order valence-electron chi connectivity index (χ4n) is 2.79. The number of hydrogen-bond acceptors (Lipinski definition) is 3. The number of fused-ring (bicyclic) bond motifs is 1. The van der Waals surface area contributed by atoms with Crippen LogP contribution < -0.4 is 4.74 Å². The van der Waals surface area contributed by atoms with Gasteiger partial charge in [-0.2, -0.15) is 0 Å². The van der Waals surface area contributed by atoms with Gasteiger partial charge in [0.2, 0.25) is 0 Å². The summed E-state index contributed by atoms with van der Waals surface area (Å²) in [6.07, 6.45) is 1.81. The summed E-state index contributed by atoms with van der Waals surface area (Å²) in [5.41, 5.74) is 3.01. The van der Waals surface area contributed by atoms with Gasteiger partial charge in [-0.25, -0.2) is 0 Å². The molecule has 3 heteroatoms. The molecule has 21 heavy (non-hydrogen) atoms. The van der Waals surface area contributed by atoms with Crippen molar-refractivity contribution in [3.05, 3.63) is 65.2 Å². The summed E-state index contributed by atoms with van der Waals surface area (Å²) < 4.78 is 5.68. The molecular weight excluding hydrogens is 264 g/mol. The standard InChI is InChI=1S/C18H20O3/c19-17-8-4-7-13-9-10-15(11-16(13)17)21-12-18(20)14-5-2-1-3-6-14/h1-3,5-6,9-11,17-20H,4,7-8,12H2/t17-,18?/m0/s1. The molecule has 2 atom stereocenters. The van der Waals surface area contributed by atoms with Crippen molar-refractivity contribution in [2.24, 2.45) is 0 Å². The van der Waals surface area contributed by atoms with Gasteiger partial charge >= 0.3 is 0 Å². The van der Waals surface area contributed by atoms with Crippen LogP contribution in [0.2, 0.25) is 0 Å². The van der Waals surface area contributed by atoms with E-state index in [-0.39, 0.29) is 6.61 Å². The van der Waals surface area contributed by atoms with E-state index >= 15 is 0 Å². The van der Waals surface area contributed by atoms with Crippen molar-refractivity contribution >= 4 is 0 Å². The van der Waals surface area contributed by atoms with Crippen LogP contribution in [0.4, 0.5) is 0 Å². The van der Waals surface area contributed by atoms with E-state index in [1.165, 1.54) is 5.56 Å². The van der Waals surface area contributed by atoms with Crippen LogP contribution in [0.25, 0.3) is 0 Å². The van der Waals surface area contributed by atoms with E-state index in [0.717, 1.165) is 30.4 Å². The van der Waals surface area contributed by atoms with Gasteiger partial charge in [0.05, 0.1) is 6.10 Å². The molecule has 0 saturated heterocycles. The van der Waals surface area contributed by atoms with E-state index < -0.39 is 12.2 Å². The lowest BCUT2D eigenvalue weighted by molar-refractivity contribution is 0.107. The quantitative estimate of drug-likeness (QED) is 0.906. The highest BCUT2D eigenvalue weighted by Gasteiger charge is 2.18. The molecule has 0 heterocycles. The van der Waals surface area contributed by atoms with E-state index in [4.69, 9.17) is 4.74 Å². The molecule has 1 aliphatic carbocycles. The second-order valence-electron chi connectivity index (χ2n) is 5.51. The summed E-state index contributed by atoms with van der Waals surface area (Å²) in [6, 6.07) is 15.3. The third-order valence-corrected chi connectivity index (χ3v) is 3.99. The fourth-order valence-corrected chi connectivity index (χ4v) is 2.79. The second kappa shape index (κ2) is 6.29.